The van der Waals surface area contributed by atoms with Crippen molar-refractivity contribution in [1.29, 1.82) is 0 Å². The largest absolute Gasteiger partial charge is 0.497 e. The fourth-order valence-corrected chi connectivity index (χ4v) is 17.5. The number of rotatable bonds is 23. The molecule has 0 aliphatic carbocycles. The van der Waals surface area contributed by atoms with Gasteiger partial charge in [-0.2, -0.15) is 9.97 Å². The van der Waals surface area contributed by atoms with Gasteiger partial charge in [0.2, 0.25) is 0 Å². The highest BCUT2D eigenvalue weighted by molar-refractivity contribution is 6.31. The minimum Gasteiger partial charge on any atom is -0.497 e. The van der Waals surface area contributed by atoms with Crippen LogP contribution in [0.4, 0.5) is 51.6 Å². The van der Waals surface area contributed by atoms with E-state index in [0.717, 1.165) is 190 Å². The fourth-order valence-electron chi connectivity index (χ4n) is 17.4. The summed E-state index contributed by atoms with van der Waals surface area (Å²) in [5.74, 6) is 4.02. The molecular weight excluding hydrogens is 1780 g/mol. The Kier molecular flexibility index (Phi) is 29.7. The molecule has 0 amide bonds. The van der Waals surface area contributed by atoms with Crippen LogP contribution in [0.3, 0.4) is 0 Å². The van der Waals surface area contributed by atoms with Gasteiger partial charge in [-0.1, -0.05) is 147 Å². The highest BCUT2D eigenvalue weighted by Crippen LogP contribution is 2.41. The molecule has 140 heavy (non-hydrogen) atoms. The number of hydrogen-bond donors (Lipinski definition) is 5. The van der Waals surface area contributed by atoms with Gasteiger partial charge in [0, 0.05) is 37.7 Å². The Morgan fingerprint density at radius 2 is 0.643 bits per heavy atom. The molecule has 0 fully saturated rings. The maximum atomic E-state index is 12.5. The summed E-state index contributed by atoms with van der Waals surface area (Å²) in [6.45, 7) is 33.1. The molecule has 0 saturated carbocycles. The van der Waals surface area contributed by atoms with E-state index in [1.807, 2.05) is 170 Å². The first-order chi connectivity index (χ1) is 67.5. The lowest BCUT2D eigenvalue weighted by Crippen LogP contribution is -2.42. The monoisotopic (exact) mass is 1890 g/mol. The minimum atomic E-state index is -0.658. The number of aryl methyl sites for hydroxylation is 16. The Bertz CT molecular complexity index is 8150. The molecule has 0 spiro atoms. The van der Waals surface area contributed by atoms with Crippen LogP contribution in [-0.2, 0) is 45.2 Å². The third kappa shape index (κ3) is 22.2. The van der Waals surface area contributed by atoms with E-state index in [9.17, 15) is 33.6 Å². The van der Waals surface area contributed by atoms with Crippen molar-refractivity contribution in [2.75, 3.05) is 48.6 Å². The lowest BCUT2D eigenvalue weighted by molar-refractivity contribution is 0.414. The van der Waals surface area contributed by atoms with Crippen LogP contribution in [0.25, 0.3) is 64.8 Å². The van der Waals surface area contributed by atoms with E-state index >= 15 is 0 Å². The van der Waals surface area contributed by atoms with Crippen molar-refractivity contribution in [2.45, 2.75) is 146 Å². The molecule has 0 saturated heterocycles. The van der Waals surface area contributed by atoms with Crippen molar-refractivity contribution in [3.05, 3.63) is 388 Å². The topological polar surface area (TPSA) is 364 Å². The number of nitrogens with one attached hydrogen (secondary N) is 5. The zero-order chi connectivity index (χ0) is 98.7. The fraction of sp³-hybridized carbons (Fsp3) is 0.245. The van der Waals surface area contributed by atoms with E-state index in [-0.39, 0.29) is 28.1 Å². The predicted octanol–water partition coefficient (Wildman–Crippen LogP) is 14.9. The van der Waals surface area contributed by atoms with Crippen LogP contribution in [0.5, 0.6) is 11.5 Å². The molecule has 30 heteroatoms. The van der Waals surface area contributed by atoms with Crippen LogP contribution in [0.15, 0.2) is 249 Å². The van der Waals surface area contributed by atoms with Crippen LogP contribution in [0.2, 0.25) is 5.02 Å². The third-order valence-corrected chi connectivity index (χ3v) is 25.7. The van der Waals surface area contributed by atoms with Gasteiger partial charge in [-0.3, -0.25) is 33.9 Å². The lowest BCUT2D eigenvalue weighted by Gasteiger charge is -2.28. The van der Waals surface area contributed by atoms with Gasteiger partial charge in [-0.15, -0.1) is 0 Å². The van der Waals surface area contributed by atoms with Crippen molar-refractivity contribution < 1.29 is 9.47 Å². The molecule has 10 heterocycles. The van der Waals surface area contributed by atoms with Crippen LogP contribution in [0.1, 0.15) is 116 Å². The number of H-pyrrole nitrogens is 5. The SMILES string of the molecule is C=c1nc2c(c(=O)[nH]1)=Nc1cc(C)c(C)cc1N2CCCCc1ccccc1.C=c1nc2c(c(=O)[nH]1)=Nc1cc(C)c(C)cc1N2CCCc1ccccc1.C=c1nc2c(c(=O)[nH]1)=Nc1cc(C)c(Cl)cc1N2CCCc1ccccc1.COc1ccc(CCCn2c3nc(=O)[nH]c(=O)c-3nc3cc(C)c(C)cc32)cc1.COc1cccc(CCCn2c3nc(=O)[nH]c(=O)c-3nc3cc(C)c(C)cc32)c1. The Balaban J connectivity index is 0.000000126. The number of methoxy groups -OCH3 is 2. The zero-order valence-electron chi connectivity index (χ0n) is 80.2. The van der Waals surface area contributed by atoms with E-state index in [4.69, 9.17) is 21.1 Å². The standard InChI is InChI=1S/C23H24N4O.2C22H22N4O3.C22H22N4O.C21H19ClN4O/c1-15-13-19-20(14-16(15)2)27(12-8-7-11-18-9-5-4-6-10-18)22-21(26-19)23(28)25-17(3)24-22;1-13-10-17-18(11-14(13)2)26(20-19(23-17)21(27)25-22(28)24-20)9-5-7-15-6-4-8-16(12-15)29-3;1-13-11-17-18(12-14(13)2)26(20-19(23-17)21(27)25-22(28)24-20)10-4-5-15-6-8-16(29-3)9-7-15;1-14-12-18-19(13-15(14)2)26(11-7-10-17-8-5-4-6-9-17)21-20(25-18)22(27)24-16(3)23-21;1-13-11-17-18(12-16(13)22)26(10-6-9-15-7-4-3-5-8-15)20-19(25-17)21(27)24-14(2)23-20/h4-6,9-10,13-14H,3,7-8,11-12H2,1-2H3,(H,25,28);4,6,8,10-12H,5,7,9H2,1-3H3,(H,25,27,28);6-9,11-12H,4-5,10H2,1-3H3,(H,25,27,28);4-6,8-9,12-13H,3,7,10-11H2,1-2H3,(H,24,27);3-5,7-8,11-12H,2,6,9-10H2,1H3,(H,24,27). The maximum Gasteiger partial charge on any atom is 0.349 e. The molecule has 0 bridgehead atoms. The summed E-state index contributed by atoms with van der Waals surface area (Å²) in [5, 5.41) is 1.71. The summed E-state index contributed by atoms with van der Waals surface area (Å²) >= 11 is 6.36. The van der Waals surface area contributed by atoms with Gasteiger partial charge in [0.25, 0.3) is 27.8 Å². The smallest absolute Gasteiger partial charge is 0.349 e. The maximum absolute atomic E-state index is 12.5. The number of unbranched alkanes of at least 4 members (excludes halogenated alkanes) is 1. The van der Waals surface area contributed by atoms with Gasteiger partial charge in [-0.05, 0) is 296 Å². The van der Waals surface area contributed by atoms with Gasteiger partial charge in [0.05, 0.1) is 70.4 Å². The minimum absolute atomic E-state index is 0.182. The van der Waals surface area contributed by atoms with Crippen molar-refractivity contribution >= 4 is 105 Å². The normalized spacial score (nSPS) is 11.9. The summed E-state index contributed by atoms with van der Waals surface area (Å²) in [7, 11) is 3.30. The number of nitrogens with zero attached hydrogens (tertiary/aromatic N) is 15. The van der Waals surface area contributed by atoms with Gasteiger partial charge in [0.1, 0.15) is 27.9 Å². The summed E-state index contributed by atoms with van der Waals surface area (Å²) in [6, 6.07) is 67.3. The average Bonchev–Trinajstić information content (AvgIpc) is 0.773. The van der Waals surface area contributed by atoms with Crippen LogP contribution in [-0.4, -0.2) is 103 Å². The highest BCUT2D eigenvalue weighted by Gasteiger charge is 2.29. The number of aromatic nitrogens is 14. The number of fused-ring (bicyclic) bond motifs is 10. The number of hydrogen-bond acceptors (Lipinski definition) is 22. The number of aromatic amines is 5. The van der Waals surface area contributed by atoms with Crippen molar-refractivity contribution in [1.82, 2.24) is 68.9 Å². The van der Waals surface area contributed by atoms with E-state index in [1.165, 1.54) is 33.4 Å². The number of ether oxygens (including phenoxy) is 2. The molecule has 7 aliphatic rings. The molecule has 3 aromatic heterocycles. The Morgan fingerprint density at radius 1 is 0.307 bits per heavy atom. The summed E-state index contributed by atoms with van der Waals surface area (Å²) < 4.78 is 14.4. The first-order valence-electron chi connectivity index (χ1n) is 46.6. The molecule has 13 aromatic rings. The van der Waals surface area contributed by atoms with Gasteiger partial charge in [-0.25, -0.2) is 49.5 Å². The molecule has 710 valence electrons. The summed E-state index contributed by atoms with van der Waals surface area (Å²) in [5.41, 5.74) is 23.0. The second kappa shape index (κ2) is 42.9. The van der Waals surface area contributed by atoms with Crippen molar-refractivity contribution in [3.63, 3.8) is 0 Å². The zero-order valence-corrected chi connectivity index (χ0v) is 81.0. The van der Waals surface area contributed by atoms with Crippen LogP contribution < -0.4 is 95.9 Å². The highest BCUT2D eigenvalue weighted by atomic mass is 35.5. The Morgan fingerprint density at radius 3 is 1.05 bits per heavy atom. The number of benzene rings is 10. The van der Waals surface area contributed by atoms with E-state index < -0.39 is 22.5 Å². The molecular formula is C110H109ClN20O9. The van der Waals surface area contributed by atoms with Crippen molar-refractivity contribution in [2.24, 2.45) is 15.0 Å². The first-order valence-corrected chi connectivity index (χ1v) is 47.0. The van der Waals surface area contributed by atoms with Gasteiger partial charge >= 0.3 is 11.4 Å². The molecule has 29 nitrogen and oxygen atoms in total. The van der Waals surface area contributed by atoms with Crippen LogP contribution in [0, 0.1) is 62.3 Å². The lowest BCUT2D eigenvalue weighted by atomic mass is 10.0. The van der Waals surface area contributed by atoms with Crippen molar-refractivity contribution in [3.8, 4) is 34.5 Å². The molecule has 7 aliphatic heterocycles. The van der Waals surface area contributed by atoms with E-state index in [2.05, 4.69) is 211 Å². The van der Waals surface area contributed by atoms with E-state index in [1.54, 1.807) is 14.2 Å². The summed E-state index contributed by atoms with van der Waals surface area (Å²) in [4.78, 5) is 149. The average molecular weight is 1890 g/mol. The number of anilines is 6. The first kappa shape index (κ1) is 96.8. The molecule has 0 unspecified atom stereocenters. The predicted molar refractivity (Wildman–Crippen MR) is 554 cm³/mol. The van der Waals surface area contributed by atoms with Gasteiger partial charge < -0.3 is 48.3 Å². The number of halogens is 1. The summed E-state index contributed by atoms with van der Waals surface area (Å²) in [6.07, 6.45) is 10.1. The second-order valence-electron chi connectivity index (χ2n) is 35.3. The molecule has 0 radical (unpaired) electrons. The molecule has 10 aromatic carbocycles. The Hall–Kier alpha value is -16.3. The quantitative estimate of drug-likeness (QED) is 0.0293. The molecule has 0 atom stereocenters. The molecule has 20 rings (SSSR count). The third-order valence-electron chi connectivity index (χ3n) is 25.3. The van der Waals surface area contributed by atoms with E-state index in [0.29, 0.717) is 91.8 Å². The van der Waals surface area contributed by atoms with Gasteiger partial charge in [0.15, 0.2) is 56.6 Å². The molecule has 5 N–H and O–H groups in total. The van der Waals surface area contributed by atoms with Crippen LogP contribution >= 0.6 is 11.6 Å². The Labute approximate surface area is 811 Å². The second-order valence-corrected chi connectivity index (χ2v) is 35.7.